The molecule has 0 spiro atoms. The highest BCUT2D eigenvalue weighted by Gasteiger charge is 2.16. The van der Waals surface area contributed by atoms with Crippen molar-refractivity contribution in [2.45, 2.75) is 46.6 Å². The number of amides is 2. The Balaban J connectivity index is 2.44. The molecule has 1 aromatic rings. The zero-order valence-corrected chi connectivity index (χ0v) is 14.7. The molecule has 1 rings (SSSR count). The van der Waals surface area contributed by atoms with Crippen molar-refractivity contribution in [1.29, 1.82) is 0 Å². The topological polar surface area (TPSA) is 67.4 Å². The van der Waals surface area contributed by atoms with E-state index in [1.54, 1.807) is 6.92 Å². The smallest absolute Gasteiger partial charge is 0.260 e. The van der Waals surface area contributed by atoms with Crippen molar-refractivity contribution < 1.29 is 14.3 Å². The zero-order chi connectivity index (χ0) is 17.4. The molecule has 0 saturated carbocycles. The molecule has 5 heteroatoms. The van der Waals surface area contributed by atoms with Gasteiger partial charge in [0, 0.05) is 19.0 Å². The monoisotopic (exact) mass is 320 g/mol. The molecule has 23 heavy (non-hydrogen) atoms. The van der Waals surface area contributed by atoms with E-state index in [0.717, 1.165) is 11.3 Å². The van der Waals surface area contributed by atoms with Gasteiger partial charge >= 0.3 is 0 Å². The first-order chi connectivity index (χ1) is 10.8. The highest BCUT2D eigenvalue weighted by molar-refractivity contribution is 5.81. The minimum absolute atomic E-state index is 0.0191. The van der Waals surface area contributed by atoms with Gasteiger partial charge in [0.25, 0.3) is 5.91 Å². The molecule has 128 valence electrons. The van der Waals surface area contributed by atoms with Gasteiger partial charge in [-0.15, -0.1) is 0 Å². The van der Waals surface area contributed by atoms with E-state index in [9.17, 15) is 9.59 Å². The molecule has 2 amide bonds. The second-order valence-electron chi connectivity index (χ2n) is 6.19. The average Bonchev–Trinajstić information content (AvgIpc) is 2.51. The van der Waals surface area contributed by atoms with Crippen LogP contribution in [0.25, 0.3) is 0 Å². The van der Waals surface area contributed by atoms with Crippen molar-refractivity contribution >= 4 is 11.8 Å². The van der Waals surface area contributed by atoms with Crippen molar-refractivity contribution in [1.82, 2.24) is 10.6 Å². The van der Waals surface area contributed by atoms with Crippen LogP contribution in [0.2, 0.25) is 0 Å². The molecule has 0 saturated heterocycles. The summed E-state index contributed by atoms with van der Waals surface area (Å²) in [5.41, 5.74) is 1.08. The van der Waals surface area contributed by atoms with Crippen LogP contribution in [0.3, 0.4) is 0 Å². The van der Waals surface area contributed by atoms with Crippen LogP contribution in [-0.2, 0) is 9.59 Å². The number of hydrogen-bond donors (Lipinski definition) is 2. The number of nitrogens with one attached hydrogen (secondary N) is 2. The average molecular weight is 320 g/mol. The summed E-state index contributed by atoms with van der Waals surface area (Å²) in [6.07, 6.45) is -0.587. The fraction of sp³-hybridized carbons (Fsp3) is 0.556. The highest BCUT2D eigenvalue weighted by Crippen LogP contribution is 2.26. The van der Waals surface area contributed by atoms with Gasteiger partial charge in [-0.1, -0.05) is 45.9 Å². The summed E-state index contributed by atoms with van der Waals surface area (Å²) >= 11 is 0. The Morgan fingerprint density at radius 2 is 1.52 bits per heavy atom. The summed E-state index contributed by atoms with van der Waals surface area (Å²) < 4.78 is 5.79. The van der Waals surface area contributed by atoms with E-state index in [4.69, 9.17) is 4.74 Å². The molecule has 0 aliphatic rings. The molecule has 0 aromatic heterocycles. The molecule has 0 aliphatic carbocycles. The quantitative estimate of drug-likeness (QED) is 0.723. The standard InChI is InChI=1S/C18H28N2O3/c1-12(2)15-8-6-7-9-16(15)23-14(5)18(22)20-11-10-19-17(21)13(3)4/h6-9,12-14H,10-11H2,1-5H3,(H,19,21)(H,20,22). The lowest BCUT2D eigenvalue weighted by molar-refractivity contribution is -0.128. The second kappa shape index (κ2) is 9.18. The highest BCUT2D eigenvalue weighted by atomic mass is 16.5. The van der Waals surface area contributed by atoms with Crippen LogP contribution < -0.4 is 15.4 Å². The zero-order valence-electron chi connectivity index (χ0n) is 14.7. The van der Waals surface area contributed by atoms with Crippen LogP contribution >= 0.6 is 0 Å². The van der Waals surface area contributed by atoms with Crippen molar-refractivity contribution in [2.75, 3.05) is 13.1 Å². The van der Waals surface area contributed by atoms with Gasteiger partial charge in [0.05, 0.1) is 0 Å². The van der Waals surface area contributed by atoms with Gasteiger partial charge in [0.15, 0.2) is 6.10 Å². The first-order valence-corrected chi connectivity index (χ1v) is 8.14. The van der Waals surface area contributed by atoms with E-state index in [-0.39, 0.29) is 17.7 Å². The molecule has 1 atom stereocenters. The molecule has 2 N–H and O–H groups in total. The molecular formula is C18H28N2O3. The maximum absolute atomic E-state index is 12.1. The number of hydrogen-bond acceptors (Lipinski definition) is 3. The number of carbonyl (C=O) groups is 2. The molecule has 1 aromatic carbocycles. The minimum atomic E-state index is -0.587. The largest absolute Gasteiger partial charge is 0.481 e. The third-order valence-corrected chi connectivity index (χ3v) is 3.46. The molecule has 0 fully saturated rings. The van der Waals surface area contributed by atoms with Crippen molar-refractivity contribution in [3.63, 3.8) is 0 Å². The predicted molar refractivity (Wildman–Crippen MR) is 91.5 cm³/mol. The summed E-state index contributed by atoms with van der Waals surface area (Å²) in [5.74, 6) is 0.795. The normalized spacial score (nSPS) is 12.1. The van der Waals surface area contributed by atoms with Gasteiger partial charge in [0.2, 0.25) is 5.91 Å². The molecule has 0 heterocycles. The molecule has 1 unspecified atom stereocenters. The Morgan fingerprint density at radius 1 is 0.957 bits per heavy atom. The van der Waals surface area contributed by atoms with Crippen LogP contribution in [0.4, 0.5) is 0 Å². The number of ether oxygens (including phenoxy) is 1. The van der Waals surface area contributed by atoms with Gasteiger partial charge in [-0.3, -0.25) is 9.59 Å². The van der Waals surface area contributed by atoms with Crippen LogP contribution in [0, 0.1) is 5.92 Å². The van der Waals surface area contributed by atoms with Crippen LogP contribution in [0.15, 0.2) is 24.3 Å². The second-order valence-corrected chi connectivity index (χ2v) is 6.19. The van der Waals surface area contributed by atoms with Gasteiger partial charge in [-0.2, -0.15) is 0 Å². The lowest BCUT2D eigenvalue weighted by Gasteiger charge is -2.18. The summed E-state index contributed by atoms with van der Waals surface area (Å²) in [4.78, 5) is 23.5. The number of para-hydroxylation sites is 1. The van der Waals surface area contributed by atoms with Gasteiger partial charge < -0.3 is 15.4 Å². The maximum atomic E-state index is 12.1. The van der Waals surface area contributed by atoms with Crippen LogP contribution in [0.5, 0.6) is 5.75 Å². The van der Waals surface area contributed by atoms with Crippen LogP contribution in [0.1, 0.15) is 46.1 Å². The van der Waals surface area contributed by atoms with E-state index in [1.165, 1.54) is 0 Å². The fourth-order valence-electron chi connectivity index (χ4n) is 2.03. The number of carbonyl (C=O) groups excluding carboxylic acids is 2. The summed E-state index contributed by atoms with van der Waals surface area (Å²) in [6, 6.07) is 7.74. The van der Waals surface area contributed by atoms with Gasteiger partial charge in [-0.25, -0.2) is 0 Å². The predicted octanol–water partition coefficient (Wildman–Crippen LogP) is 2.47. The van der Waals surface area contributed by atoms with Gasteiger partial charge in [0.1, 0.15) is 5.75 Å². The first-order valence-electron chi connectivity index (χ1n) is 8.14. The van der Waals surface area contributed by atoms with Crippen molar-refractivity contribution in [3.05, 3.63) is 29.8 Å². The Morgan fingerprint density at radius 3 is 2.09 bits per heavy atom. The van der Waals surface area contributed by atoms with E-state index in [2.05, 4.69) is 24.5 Å². The summed E-state index contributed by atoms with van der Waals surface area (Å²) in [7, 11) is 0. The first kappa shape index (κ1) is 19.0. The molecule has 0 aliphatic heterocycles. The Labute approximate surface area is 138 Å². The number of rotatable bonds is 8. The lowest BCUT2D eigenvalue weighted by atomic mass is 10.0. The third kappa shape index (κ3) is 6.30. The van der Waals surface area contributed by atoms with Crippen molar-refractivity contribution in [3.8, 4) is 5.75 Å². The number of benzene rings is 1. The van der Waals surface area contributed by atoms with Gasteiger partial charge in [-0.05, 0) is 24.5 Å². The van der Waals surface area contributed by atoms with E-state index < -0.39 is 6.10 Å². The summed E-state index contributed by atoms with van der Waals surface area (Å²) in [6.45, 7) is 10.4. The summed E-state index contributed by atoms with van der Waals surface area (Å²) in [5, 5.41) is 5.52. The minimum Gasteiger partial charge on any atom is -0.481 e. The van der Waals surface area contributed by atoms with E-state index in [1.807, 2.05) is 38.1 Å². The maximum Gasteiger partial charge on any atom is 0.260 e. The SMILES string of the molecule is CC(C)C(=O)NCCNC(=O)C(C)Oc1ccccc1C(C)C. The molecule has 5 nitrogen and oxygen atoms in total. The third-order valence-electron chi connectivity index (χ3n) is 3.46. The lowest BCUT2D eigenvalue weighted by Crippen LogP contribution is -2.41. The fourth-order valence-corrected chi connectivity index (χ4v) is 2.03. The van der Waals surface area contributed by atoms with Crippen LogP contribution in [-0.4, -0.2) is 31.0 Å². The Hall–Kier alpha value is -2.04. The molecular weight excluding hydrogens is 292 g/mol. The molecule has 0 radical (unpaired) electrons. The Kier molecular flexibility index (Phi) is 7.59. The van der Waals surface area contributed by atoms with E-state index in [0.29, 0.717) is 19.0 Å². The molecule has 0 bridgehead atoms. The van der Waals surface area contributed by atoms with Crippen molar-refractivity contribution in [2.24, 2.45) is 5.92 Å². The Bertz CT molecular complexity index is 527. The van der Waals surface area contributed by atoms with E-state index >= 15 is 0 Å².